The molecule has 82 valence electrons. The molecule has 0 bridgehead atoms. The minimum atomic E-state index is -0.389. The summed E-state index contributed by atoms with van der Waals surface area (Å²) in [6.45, 7) is 5.49. The van der Waals surface area contributed by atoms with E-state index in [2.05, 4.69) is 5.32 Å². The summed E-state index contributed by atoms with van der Waals surface area (Å²) in [5.41, 5.74) is -0.389. The number of rotatable bonds is 6. The first-order valence-corrected chi connectivity index (χ1v) is 4.74. The first kappa shape index (κ1) is 13.1. The topological polar surface area (TPSA) is 66.4 Å². The summed E-state index contributed by atoms with van der Waals surface area (Å²) in [5.74, 6) is -0.0583. The van der Waals surface area contributed by atoms with Crippen molar-refractivity contribution in [3.63, 3.8) is 0 Å². The molecule has 0 radical (unpaired) electrons. The Bertz CT molecular complexity index is 211. The fourth-order valence-electron chi connectivity index (χ4n) is 0.931. The monoisotopic (exact) mass is 201 g/mol. The third-order valence-corrected chi connectivity index (χ3v) is 1.87. The molecule has 4 heteroatoms. The lowest BCUT2D eigenvalue weighted by Crippen LogP contribution is -2.31. The van der Waals surface area contributed by atoms with Gasteiger partial charge in [0.2, 0.25) is 5.91 Å². The van der Waals surface area contributed by atoms with Crippen LogP contribution in [0.5, 0.6) is 0 Å². The second kappa shape index (κ2) is 5.75. The molecule has 4 nitrogen and oxygen atoms in total. The van der Waals surface area contributed by atoms with E-state index >= 15 is 0 Å². The van der Waals surface area contributed by atoms with Crippen LogP contribution in [0.2, 0.25) is 0 Å². The number of carbonyl (C=O) groups excluding carboxylic acids is 2. The molecular weight excluding hydrogens is 182 g/mol. The molecule has 0 aromatic heterocycles. The van der Waals surface area contributed by atoms with Crippen molar-refractivity contribution in [2.75, 3.05) is 13.2 Å². The molecule has 0 spiro atoms. The minimum absolute atomic E-state index is 0.0207. The first-order chi connectivity index (χ1) is 6.37. The van der Waals surface area contributed by atoms with Crippen LogP contribution >= 0.6 is 0 Å². The van der Waals surface area contributed by atoms with Crippen LogP contribution in [-0.2, 0) is 9.59 Å². The summed E-state index contributed by atoms with van der Waals surface area (Å²) >= 11 is 0. The lowest BCUT2D eigenvalue weighted by Gasteiger charge is -2.20. The molecular formula is C10H19NO3. The predicted octanol–water partition coefficient (Wildman–Crippen LogP) is 0.490. The summed E-state index contributed by atoms with van der Waals surface area (Å²) in [6.07, 6.45) is 0.646. The van der Waals surface area contributed by atoms with Gasteiger partial charge in [-0.3, -0.25) is 9.59 Å². The van der Waals surface area contributed by atoms with Crippen LogP contribution in [0.15, 0.2) is 0 Å². The van der Waals surface area contributed by atoms with Gasteiger partial charge in [0.1, 0.15) is 5.78 Å². The van der Waals surface area contributed by atoms with Gasteiger partial charge in [0.25, 0.3) is 0 Å². The summed E-state index contributed by atoms with van der Waals surface area (Å²) < 4.78 is 0. The average Bonchev–Trinajstić information content (AvgIpc) is 2.02. The molecule has 14 heavy (non-hydrogen) atoms. The Hall–Kier alpha value is -0.900. The van der Waals surface area contributed by atoms with E-state index in [4.69, 9.17) is 5.11 Å². The van der Waals surface area contributed by atoms with Crippen molar-refractivity contribution in [3.8, 4) is 0 Å². The van der Waals surface area contributed by atoms with Gasteiger partial charge in [-0.15, -0.1) is 0 Å². The van der Waals surface area contributed by atoms with Crippen LogP contribution in [0, 0.1) is 5.41 Å². The van der Waals surface area contributed by atoms with Crippen molar-refractivity contribution in [2.45, 2.75) is 33.6 Å². The molecule has 0 atom stereocenters. The number of hydrogen-bond donors (Lipinski definition) is 2. The zero-order valence-corrected chi connectivity index (χ0v) is 9.09. The third-order valence-electron chi connectivity index (χ3n) is 1.87. The van der Waals surface area contributed by atoms with Crippen molar-refractivity contribution in [2.24, 2.45) is 5.41 Å². The molecule has 1 amide bonds. The largest absolute Gasteiger partial charge is 0.396 e. The van der Waals surface area contributed by atoms with E-state index in [1.165, 1.54) is 6.92 Å². The normalized spacial score (nSPS) is 11.1. The van der Waals surface area contributed by atoms with E-state index in [9.17, 15) is 9.59 Å². The van der Waals surface area contributed by atoms with Gasteiger partial charge in [0.05, 0.1) is 0 Å². The molecule has 0 aliphatic rings. The number of aliphatic hydroxyl groups is 1. The second-order valence-corrected chi connectivity index (χ2v) is 4.30. The van der Waals surface area contributed by atoms with Crippen molar-refractivity contribution in [1.82, 2.24) is 5.32 Å². The van der Waals surface area contributed by atoms with Crippen LogP contribution in [0.1, 0.15) is 33.6 Å². The average molecular weight is 201 g/mol. The van der Waals surface area contributed by atoms with Crippen molar-refractivity contribution in [3.05, 3.63) is 0 Å². The Labute approximate surface area is 84.7 Å². The van der Waals surface area contributed by atoms with Gasteiger partial charge in [-0.2, -0.15) is 0 Å². The number of nitrogens with one attached hydrogen (secondary N) is 1. The Morgan fingerprint density at radius 2 is 1.93 bits per heavy atom. The summed E-state index contributed by atoms with van der Waals surface area (Å²) in [4.78, 5) is 21.8. The van der Waals surface area contributed by atoms with Crippen LogP contribution in [-0.4, -0.2) is 29.9 Å². The molecule has 0 unspecified atom stereocenters. The van der Waals surface area contributed by atoms with Crippen LogP contribution in [0.4, 0.5) is 0 Å². The molecule has 0 aliphatic carbocycles. The summed E-state index contributed by atoms with van der Waals surface area (Å²) in [7, 11) is 0. The van der Waals surface area contributed by atoms with Gasteiger partial charge < -0.3 is 10.4 Å². The highest BCUT2D eigenvalue weighted by Crippen LogP contribution is 2.18. The fourth-order valence-corrected chi connectivity index (χ4v) is 0.931. The number of aliphatic hydroxyl groups excluding tert-OH is 1. The predicted molar refractivity (Wildman–Crippen MR) is 53.8 cm³/mol. The Morgan fingerprint density at radius 1 is 1.36 bits per heavy atom. The maximum atomic E-state index is 11.3. The Kier molecular flexibility index (Phi) is 5.38. The molecule has 2 N–H and O–H groups in total. The van der Waals surface area contributed by atoms with Gasteiger partial charge >= 0.3 is 0 Å². The lowest BCUT2D eigenvalue weighted by molar-refractivity contribution is -0.123. The molecule has 0 rings (SSSR count). The molecule has 0 heterocycles. The highest BCUT2D eigenvalue weighted by atomic mass is 16.3. The van der Waals surface area contributed by atoms with Gasteiger partial charge in [-0.1, -0.05) is 13.8 Å². The molecule has 0 aliphatic heterocycles. The molecule has 0 saturated heterocycles. The SMILES string of the molecule is CC(=O)CCNC(=O)CC(C)(C)CO. The summed E-state index contributed by atoms with van der Waals surface area (Å²) in [5, 5.41) is 11.6. The standard InChI is InChI=1S/C10H19NO3/c1-8(13)4-5-11-9(14)6-10(2,3)7-12/h12H,4-7H2,1-3H3,(H,11,14). The van der Waals surface area contributed by atoms with E-state index < -0.39 is 0 Å². The number of carbonyl (C=O) groups is 2. The fraction of sp³-hybridized carbons (Fsp3) is 0.800. The van der Waals surface area contributed by atoms with Gasteiger partial charge in [-0.05, 0) is 12.3 Å². The summed E-state index contributed by atoms with van der Waals surface area (Å²) in [6, 6.07) is 0. The number of ketones is 1. The van der Waals surface area contributed by atoms with Crippen molar-refractivity contribution >= 4 is 11.7 Å². The molecule has 0 fully saturated rings. The maximum absolute atomic E-state index is 11.3. The zero-order valence-electron chi connectivity index (χ0n) is 9.09. The third kappa shape index (κ3) is 6.60. The number of hydrogen-bond acceptors (Lipinski definition) is 3. The first-order valence-electron chi connectivity index (χ1n) is 4.74. The molecule has 0 aromatic rings. The van der Waals surface area contributed by atoms with Crippen molar-refractivity contribution < 1.29 is 14.7 Å². The zero-order chi connectivity index (χ0) is 11.2. The van der Waals surface area contributed by atoms with Crippen LogP contribution in [0.3, 0.4) is 0 Å². The van der Waals surface area contributed by atoms with Crippen LogP contribution < -0.4 is 5.32 Å². The number of Topliss-reactive ketones (excluding diaryl/α,β-unsaturated/α-hetero) is 1. The Morgan fingerprint density at radius 3 is 2.36 bits per heavy atom. The lowest BCUT2D eigenvalue weighted by atomic mass is 9.90. The second-order valence-electron chi connectivity index (χ2n) is 4.30. The highest BCUT2D eigenvalue weighted by Gasteiger charge is 2.20. The Balaban J connectivity index is 3.71. The highest BCUT2D eigenvalue weighted by molar-refractivity contribution is 5.79. The van der Waals surface area contributed by atoms with Gasteiger partial charge in [-0.25, -0.2) is 0 Å². The van der Waals surface area contributed by atoms with E-state index in [0.717, 1.165) is 0 Å². The van der Waals surface area contributed by atoms with Gasteiger partial charge in [0.15, 0.2) is 0 Å². The van der Waals surface area contributed by atoms with E-state index in [-0.39, 0.29) is 30.1 Å². The number of amides is 1. The van der Waals surface area contributed by atoms with Gasteiger partial charge in [0, 0.05) is 26.0 Å². The smallest absolute Gasteiger partial charge is 0.220 e. The van der Waals surface area contributed by atoms with E-state index in [0.29, 0.717) is 13.0 Å². The quantitative estimate of drug-likeness (QED) is 0.657. The van der Waals surface area contributed by atoms with Crippen molar-refractivity contribution in [1.29, 1.82) is 0 Å². The maximum Gasteiger partial charge on any atom is 0.220 e. The molecule has 0 aromatic carbocycles. The molecule has 0 saturated carbocycles. The van der Waals surface area contributed by atoms with E-state index in [1.54, 1.807) is 0 Å². The van der Waals surface area contributed by atoms with E-state index in [1.807, 2.05) is 13.8 Å². The van der Waals surface area contributed by atoms with Crippen LogP contribution in [0.25, 0.3) is 0 Å². The minimum Gasteiger partial charge on any atom is -0.396 e.